The van der Waals surface area contributed by atoms with E-state index in [9.17, 15) is 13.6 Å². The first-order valence-electron chi connectivity index (χ1n) is 9.30. The highest BCUT2D eigenvalue weighted by atomic mass is 19.2. The molecule has 1 saturated heterocycles. The second-order valence-electron chi connectivity index (χ2n) is 7.40. The van der Waals surface area contributed by atoms with Gasteiger partial charge in [0.1, 0.15) is 0 Å². The van der Waals surface area contributed by atoms with E-state index in [2.05, 4.69) is 34.8 Å². The van der Waals surface area contributed by atoms with Crippen molar-refractivity contribution in [3.63, 3.8) is 0 Å². The Morgan fingerprint density at radius 1 is 1.37 bits per heavy atom. The number of nitrogens with zero attached hydrogens (tertiary/aromatic N) is 3. The van der Waals surface area contributed by atoms with Crippen LogP contribution in [0.15, 0.2) is 24.4 Å². The predicted molar refractivity (Wildman–Crippen MR) is 97.3 cm³/mol. The zero-order valence-electron chi connectivity index (χ0n) is 15.6. The second kappa shape index (κ2) is 8.56. The number of piperidine rings is 1. The summed E-state index contributed by atoms with van der Waals surface area (Å²) in [6.45, 7) is 6.26. The van der Waals surface area contributed by atoms with Crippen molar-refractivity contribution in [1.29, 1.82) is 0 Å². The van der Waals surface area contributed by atoms with Gasteiger partial charge in [0.15, 0.2) is 17.3 Å². The van der Waals surface area contributed by atoms with E-state index in [1.54, 1.807) is 16.9 Å². The molecule has 0 aliphatic carbocycles. The van der Waals surface area contributed by atoms with Gasteiger partial charge in [-0.2, -0.15) is 0 Å². The van der Waals surface area contributed by atoms with Gasteiger partial charge >= 0.3 is 0 Å². The molecule has 2 atom stereocenters. The Morgan fingerprint density at radius 2 is 2.19 bits per heavy atom. The first-order valence-corrected chi connectivity index (χ1v) is 9.30. The summed E-state index contributed by atoms with van der Waals surface area (Å²) >= 11 is 0. The topological polar surface area (TPSA) is 71.8 Å². The average Bonchev–Trinajstić information content (AvgIpc) is 3.12. The van der Waals surface area contributed by atoms with Crippen LogP contribution in [0.5, 0.6) is 0 Å². The third kappa shape index (κ3) is 4.88. The highest BCUT2D eigenvalue weighted by Crippen LogP contribution is 2.27. The van der Waals surface area contributed by atoms with Crippen LogP contribution < -0.4 is 10.6 Å². The lowest BCUT2D eigenvalue weighted by Gasteiger charge is -2.33. The number of hydrogen-bond donors (Lipinski definition) is 2. The number of aromatic nitrogens is 3. The van der Waals surface area contributed by atoms with Gasteiger partial charge in [-0.3, -0.25) is 9.48 Å². The van der Waals surface area contributed by atoms with Gasteiger partial charge in [0.25, 0.3) is 5.91 Å². The van der Waals surface area contributed by atoms with Crippen LogP contribution in [0.3, 0.4) is 0 Å². The van der Waals surface area contributed by atoms with E-state index < -0.39 is 11.6 Å². The van der Waals surface area contributed by atoms with E-state index in [4.69, 9.17) is 0 Å². The molecule has 1 aliphatic heterocycles. The number of carbonyl (C=O) groups is 1. The first kappa shape index (κ1) is 19.4. The minimum absolute atomic E-state index is 0.0960. The number of hydrogen-bond acceptors (Lipinski definition) is 4. The van der Waals surface area contributed by atoms with Crippen molar-refractivity contribution in [2.45, 2.75) is 45.2 Å². The Kier molecular flexibility index (Phi) is 6.15. The predicted octanol–water partition coefficient (Wildman–Crippen LogP) is 2.48. The SMILES string of the molecule is CC(C)CCn1cc(C(=O)NC2CNCCC2c2ccc(F)c(F)c2)nn1. The summed E-state index contributed by atoms with van der Waals surface area (Å²) in [7, 11) is 0. The van der Waals surface area contributed by atoms with Crippen LogP contribution in [-0.4, -0.2) is 40.0 Å². The molecule has 6 nitrogen and oxygen atoms in total. The number of carbonyl (C=O) groups excluding carboxylic acids is 1. The molecule has 1 aliphatic rings. The molecule has 0 spiro atoms. The number of halogens is 2. The van der Waals surface area contributed by atoms with Crippen molar-refractivity contribution in [1.82, 2.24) is 25.6 Å². The molecule has 27 heavy (non-hydrogen) atoms. The third-order valence-electron chi connectivity index (χ3n) is 4.88. The van der Waals surface area contributed by atoms with Crippen molar-refractivity contribution in [2.24, 2.45) is 5.92 Å². The minimum Gasteiger partial charge on any atom is -0.346 e. The molecule has 2 N–H and O–H groups in total. The molecular formula is C19H25F2N5O. The van der Waals surface area contributed by atoms with E-state index in [-0.39, 0.29) is 23.6 Å². The summed E-state index contributed by atoms with van der Waals surface area (Å²) in [4.78, 5) is 12.6. The van der Waals surface area contributed by atoms with Crippen molar-refractivity contribution in [3.05, 3.63) is 47.3 Å². The summed E-state index contributed by atoms with van der Waals surface area (Å²) in [5.41, 5.74) is 0.939. The Hall–Kier alpha value is -2.35. The molecule has 2 unspecified atom stereocenters. The summed E-state index contributed by atoms with van der Waals surface area (Å²) < 4.78 is 28.5. The van der Waals surface area contributed by atoms with Crippen LogP contribution >= 0.6 is 0 Å². The number of amides is 1. The largest absolute Gasteiger partial charge is 0.346 e. The Balaban J connectivity index is 1.68. The van der Waals surface area contributed by atoms with Crippen LogP contribution in [0, 0.1) is 17.6 Å². The van der Waals surface area contributed by atoms with E-state index in [0.717, 1.165) is 25.5 Å². The van der Waals surface area contributed by atoms with Crippen LogP contribution in [0.25, 0.3) is 0 Å². The van der Waals surface area contributed by atoms with E-state index >= 15 is 0 Å². The summed E-state index contributed by atoms with van der Waals surface area (Å²) in [5.74, 6) is -1.61. The van der Waals surface area contributed by atoms with Gasteiger partial charge in [-0.15, -0.1) is 5.10 Å². The quantitative estimate of drug-likeness (QED) is 0.811. The lowest BCUT2D eigenvalue weighted by Crippen LogP contribution is -2.50. The zero-order valence-corrected chi connectivity index (χ0v) is 15.6. The lowest BCUT2D eigenvalue weighted by molar-refractivity contribution is 0.0919. The highest BCUT2D eigenvalue weighted by Gasteiger charge is 2.29. The second-order valence-corrected chi connectivity index (χ2v) is 7.40. The van der Waals surface area contributed by atoms with E-state index in [0.29, 0.717) is 24.6 Å². The molecule has 1 aromatic carbocycles. The first-order chi connectivity index (χ1) is 12.9. The van der Waals surface area contributed by atoms with Gasteiger partial charge in [-0.05, 0) is 43.0 Å². The zero-order chi connectivity index (χ0) is 19.4. The molecule has 1 amide bonds. The smallest absolute Gasteiger partial charge is 0.273 e. The maximum absolute atomic E-state index is 13.6. The molecule has 1 fully saturated rings. The van der Waals surface area contributed by atoms with Gasteiger partial charge in [0.2, 0.25) is 0 Å². The minimum atomic E-state index is -0.871. The van der Waals surface area contributed by atoms with Crippen LogP contribution in [-0.2, 0) is 6.54 Å². The fraction of sp³-hybridized carbons (Fsp3) is 0.526. The lowest BCUT2D eigenvalue weighted by atomic mass is 9.86. The summed E-state index contributed by atoms with van der Waals surface area (Å²) in [5, 5.41) is 14.1. The Morgan fingerprint density at radius 3 is 2.93 bits per heavy atom. The molecule has 8 heteroatoms. The van der Waals surface area contributed by atoms with Crippen LogP contribution in [0.4, 0.5) is 8.78 Å². The standard InChI is InChI=1S/C19H25F2N5O/c1-12(2)6-8-26-11-18(24-25-26)19(27)23-17-10-22-7-5-14(17)13-3-4-15(20)16(21)9-13/h3-4,9,11-12,14,17,22H,5-8,10H2,1-2H3,(H,23,27). The van der Waals surface area contributed by atoms with E-state index in [1.165, 1.54) is 6.07 Å². The molecular weight excluding hydrogens is 352 g/mol. The molecule has 146 valence electrons. The van der Waals surface area contributed by atoms with Gasteiger partial charge in [0.05, 0.1) is 6.20 Å². The molecule has 2 aromatic rings. The number of benzene rings is 1. The maximum atomic E-state index is 13.6. The fourth-order valence-corrected chi connectivity index (χ4v) is 3.30. The maximum Gasteiger partial charge on any atom is 0.273 e. The van der Waals surface area contributed by atoms with Crippen molar-refractivity contribution in [2.75, 3.05) is 13.1 Å². The highest BCUT2D eigenvalue weighted by molar-refractivity contribution is 5.92. The Labute approximate surface area is 157 Å². The van der Waals surface area contributed by atoms with E-state index in [1.807, 2.05) is 0 Å². The fourth-order valence-electron chi connectivity index (χ4n) is 3.30. The molecule has 2 heterocycles. The van der Waals surface area contributed by atoms with Crippen LogP contribution in [0.1, 0.15) is 48.7 Å². The summed E-state index contributed by atoms with van der Waals surface area (Å²) in [6.07, 6.45) is 3.31. The normalized spacial score (nSPS) is 20.0. The molecule has 0 radical (unpaired) electrons. The van der Waals surface area contributed by atoms with Gasteiger partial charge in [0, 0.05) is 25.0 Å². The van der Waals surface area contributed by atoms with Crippen molar-refractivity contribution < 1.29 is 13.6 Å². The summed E-state index contributed by atoms with van der Waals surface area (Å²) in [6, 6.07) is 3.69. The number of aryl methyl sites for hydroxylation is 1. The number of nitrogens with one attached hydrogen (secondary N) is 2. The monoisotopic (exact) mass is 377 g/mol. The average molecular weight is 377 g/mol. The molecule has 3 rings (SSSR count). The van der Waals surface area contributed by atoms with Crippen LogP contribution in [0.2, 0.25) is 0 Å². The van der Waals surface area contributed by atoms with Gasteiger partial charge in [-0.25, -0.2) is 8.78 Å². The number of rotatable bonds is 6. The third-order valence-corrected chi connectivity index (χ3v) is 4.88. The molecule has 1 aromatic heterocycles. The van der Waals surface area contributed by atoms with Crippen molar-refractivity contribution >= 4 is 5.91 Å². The molecule has 0 bridgehead atoms. The van der Waals surface area contributed by atoms with Crippen molar-refractivity contribution in [3.8, 4) is 0 Å². The Bertz CT molecular complexity index is 792. The van der Waals surface area contributed by atoms with Gasteiger partial charge in [-0.1, -0.05) is 25.1 Å². The van der Waals surface area contributed by atoms with Gasteiger partial charge < -0.3 is 10.6 Å². The molecule has 0 saturated carbocycles.